The van der Waals surface area contributed by atoms with Crippen molar-refractivity contribution in [2.24, 2.45) is 5.92 Å². The minimum Gasteiger partial charge on any atom is -0.492 e. The number of fused-ring (bicyclic) bond motifs is 2. The van der Waals surface area contributed by atoms with Crippen molar-refractivity contribution in [1.82, 2.24) is 20.9 Å². The molecular weight excluding hydrogens is 385 g/mol. The van der Waals surface area contributed by atoms with Gasteiger partial charge in [0.1, 0.15) is 24.2 Å². The van der Waals surface area contributed by atoms with Crippen molar-refractivity contribution in [3.63, 3.8) is 0 Å². The minimum atomic E-state index is -0.757. The molecule has 2 bridgehead atoms. The van der Waals surface area contributed by atoms with Gasteiger partial charge in [0.25, 0.3) is 0 Å². The van der Waals surface area contributed by atoms with Gasteiger partial charge < -0.3 is 20.7 Å². The number of hydrogen-bond acceptors (Lipinski definition) is 6. The Hall–Kier alpha value is -2.21. The number of nitrogens with zero attached hydrogens (tertiary/aromatic N) is 2. The average molecular weight is 416 g/mol. The fourth-order valence-corrected chi connectivity index (χ4v) is 4.77. The Balaban J connectivity index is 1.26. The van der Waals surface area contributed by atoms with Crippen LogP contribution in [0.15, 0.2) is 18.2 Å². The van der Waals surface area contributed by atoms with E-state index in [2.05, 4.69) is 26.9 Å². The van der Waals surface area contributed by atoms with E-state index in [0.717, 1.165) is 52.0 Å². The average Bonchev–Trinajstić information content (AvgIpc) is 3.39. The normalized spacial score (nSPS) is 26.9. The van der Waals surface area contributed by atoms with E-state index in [9.17, 15) is 14.4 Å². The molecule has 30 heavy (non-hydrogen) atoms. The van der Waals surface area contributed by atoms with Gasteiger partial charge in [0.2, 0.25) is 5.91 Å². The van der Waals surface area contributed by atoms with Crippen molar-refractivity contribution in [1.29, 1.82) is 5.26 Å². The van der Waals surface area contributed by atoms with Crippen LogP contribution in [0.3, 0.4) is 0 Å². The van der Waals surface area contributed by atoms with E-state index < -0.39 is 11.9 Å². The van der Waals surface area contributed by atoms with E-state index in [0.29, 0.717) is 29.9 Å². The summed E-state index contributed by atoms with van der Waals surface area (Å²) in [7, 11) is 0. The van der Waals surface area contributed by atoms with Gasteiger partial charge in [-0.1, -0.05) is 6.07 Å². The third kappa shape index (κ3) is 5.09. The number of nitriles is 1. The lowest BCUT2D eigenvalue weighted by Crippen LogP contribution is -2.50. The van der Waals surface area contributed by atoms with Gasteiger partial charge in [-0.25, -0.2) is 4.39 Å². The second kappa shape index (κ2) is 9.73. The maximum atomic E-state index is 14.6. The number of hydrogen-bond donors (Lipinski definition) is 3. The van der Waals surface area contributed by atoms with Crippen LogP contribution in [-0.2, 0) is 11.2 Å². The molecule has 2 saturated heterocycles. The molecule has 1 aliphatic carbocycles. The molecule has 8 heteroatoms. The number of amides is 1. The predicted molar refractivity (Wildman–Crippen MR) is 111 cm³/mol. The molecule has 2 aliphatic heterocycles. The highest BCUT2D eigenvalue weighted by molar-refractivity contribution is 5.83. The van der Waals surface area contributed by atoms with Crippen LogP contribution in [0.1, 0.15) is 24.8 Å². The molecule has 1 aromatic carbocycles. The molecule has 1 aromatic rings. The maximum Gasteiger partial charge on any atom is 0.238 e. The first-order valence-electron chi connectivity index (χ1n) is 10.9. The molecule has 1 amide bonds. The summed E-state index contributed by atoms with van der Waals surface area (Å²) in [6.45, 7) is 5.28. The first-order valence-corrected chi connectivity index (χ1v) is 10.9. The SMILES string of the molecule is N#C[C@H](Cc1ccc(OCCN2CCNCC2)cc1F)NC(=O)C1NC2CCC1C2. The van der Waals surface area contributed by atoms with Crippen LogP contribution in [-0.4, -0.2) is 68.3 Å². The summed E-state index contributed by atoms with van der Waals surface area (Å²) < 4.78 is 20.2. The molecule has 162 valence electrons. The highest BCUT2D eigenvalue weighted by Gasteiger charge is 2.43. The number of nitrogens with one attached hydrogen (secondary N) is 3. The Morgan fingerprint density at radius 1 is 1.37 bits per heavy atom. The minimum absolute atomic E-state index is 0.135. The highest BCUT2D eigenvalue weighted by Crippen LogP contribution is 2.35. The number of benzene rings is 1. The van der Waals surface area contributed by atoms with E-state index >= 15 is 0 Å². The molecule has 0 radical (unpaired) electrons. The van der Waals surface area contributed by atoms with Crippen LogP contribution in [0.5, 0.6) is 5.75 Å². The van der Waals surface area contributed by atoms with E-state index in [1.54, 1.807) is 12.1 Å². The molecule has 3 aliphatic rings. The molecular formula is C22H30FN5O2. The van der Waals surface area contributed by atoms with Crippen LogP contribution in [0.4, 0.5) is 4.39 Å². The summed E-state index contributed by atoms with van der Waals surface area (Å²) >= 11 is 0. The third-order valence-electron chi connectivity index (χ3n) is 6.45. The first-order chi connectivity index (χ1) is 14.6. The molecule has 0 aromatic heterocycles. The van der Waals surface area contributed by atoms with Crippen LogP contribution in [0.25, 0.3) is 0 Å². The molecule has 4 rings (SSSR count). The van der Waals surface area contributed by atoms with Crippen molar-refractivity contribution in [3.8, 4) is 11.8 Å². The third-order valence-corrected chi connectivity index (χ3v) is 6.45. The van der Waals surface area contributed by atoms with E-state index in [1.165, 1.54) is 6.07 Å². The quantitative estimate of drug-likeness (QED) is 0.582. The van der Waals surface area contributed by atoms with Crippen LogP contribution < -0.4 is 20.7 Å². The van der Waals surface area contributed by atoms with Gasteiger partial charge in [0.15, 0.2) is 0 Å². The standard InChI is InChI=1S/C22H30FN5O2/c23-20-13-19(30-10-9-28-7-5-25-6-8-28)4-2-15(20)11-18(14-24)27-22(29)21-16-1-3-17(12-16)26-21/h2,4,13,16-18,21,25-26H,1,3,5-12H2,(H,27,29)/t16?,17?,18-,21?/m0/s1. The summed E-state index contributed by atoms with van der Waals surface area (Å²) in [6.07, 6.45) is 3.33. The Labute approximate surface area is 176 Å². The van der Waals surface area contributed by atoms with Gasteiger partial charge in [-0.05, 0) is 36.8 Å². The number of carbonyl (C=O) groups is 1. The molecule has 3 fully saturated rings. The molecule has 3 unspecified atom stereocenters. The maximum absolute atomic E-state index is 14.6. The predicted octanol–water partition coefficient (Wildman–Crippen LogP) is 0.801. The van der Waals surface area contributed by atoms with Gasteiger partial charge in [-0.3, -0.25) is 9.69 Å². The number of carbonyl (C=O) groups excluding carboxylic acids is 1. The van der Waals surface area contributed by atoms with Gasteiger partial charge in [0, 0.05) is 51.3 Å². The van der Waals surface area contributed by atoms with Crippen molar-refractivity contribution in [2.75, 3.05) is 39.3 Å². The fourth-order valence-electron chi connectivity index (χ4n) is 4.77. The number of piperidine rings is 1. The zero-order chi connectivity index (χ0) is 20.9. The second-order valence-electron chi connectivity index (χ2n) is 8.50. The van der Waals surface area contributed by atoms with Crippen molar-refractivity contribution < 1.29 is 13.9 Å². The van der Waals surface area contributed by atoms with Gasteiger partial charge in [-0.2, -0.15) is 5.26 Å². The lowest BCUT2D eigenvalue weighted by atomic mass is 9.98. The molecule has 3 N–H and O–H groups in total. The lowest BCUT2D eigenvalue weighted by Gasteiger charge is -2.26. The Kier molecular flexibility index (Phi) is 6.82. The molecule has 1 saturated carbocycles. The van der Waals surface area contributed by atoms with Crippen molar-refractivity contribution >= 4 is 5.91 Å². The molecule has 0 spiro atoms. The van der Waals surface area contributed by atoms with E-state index in [1.807, 2.05) is 0 Å². The van der Waals surface area contributed by atoms with Crippen molar-refractivity contribution in [2.45, 2.75) is 43.8 Å². The van der Waals surface area contributed by atoms with Crippen molar-refractivity contribution in [3.05, 3.63) is 29.6 Å². The summed E-state index contributed by atoms with van der Waals surface area (Å²) in [4.78, 5) is 14.8. The van der Waals surface area contributed by atoms with Gasteiger partial charge >= 0.3 is 0 Å². The smallest absolute Gasteiger partial charge is 0.238 e. The van der Waals surface area contributed by atoms with Gasteiger partial charge in [-0.15, -0.1) is 0 Å². The van der Waals surface area contributed by atoms with Crippen LogP contribution in [0, 0.1) is 23.1 Å². The molecule has 4 atom stereocenters. The summed E-state index contributed by atoms with van der Waals surface area (Å²) in [5.41, 5.74) is 0.400. The Morgan fingerprint density at radius 3 is 2.87 bits per heavy atom. The summed E-state index contributed by atoms with van der Waals surface area (Å²) in [5, 5.41) is 18.9. The number of piperazine rings is 1. The number of halogens is 1. The van der Waals surface area contributed by atoms with Crippen LogP contribution >= 0.6 is 0 Å². The largest absolute Gasteiger partial charge is 0.492 e. The van der Waals surface area contributed by atoms with Gasteiger partial charge in [0.05, 0.1) is 12.1 Å². The highest BCUT2D eigenvalue weighted by atomic mass is 19.1. The number of ether oxygens (including phenoxy) is 1. The summed E-state index contributed by atoms with van der Waals surface area (Å²) in [5.74, 6) is 0.267. The monoisotopic (exact) mass is 415 g/mol. The Bertz CT molecular complexity index is 792. The molecule has 7 nitrogen and oxygen atoms in total. The van der Waals surface area contributed by atoms with Crippen LogP contribution in [0.2, 0.25) is 0 Å². The molecule has 2 heterocycles. The van der Waals surface area contributed by atoms with E-state index in [4.69, 9.17) is 4.74 Å². The first kappa shape index (κ1) is 21.0. The summed E-state index contributed by atoms with van der Waals surface area (Å²) in [6, 6.07) is 6.26. The topological polar surface area (TPSA) is 89.4 Å². The zero-order valence-corrected chi connectivity index (χ0v) is 17.2. The fraction of sp³-hybridized carbons (Fsp3) is 0.636. The van der Waals surface area contributed by atoms with E-state index in [-0.39, 0.29) is 18.4 Å². The second-order valence-corrected chi connectivity index (χ2v) is 8.50. The lowest BCUT2D eigenvalue weighted by molar-refractivity contribution is -0.124. The zero-order valence-electron chi connectivity index (χ0n) is 17.2. The number of rotatable bonds is 8. The Morgan fingerprint density at radius 2 is 2.20 bits per heavy atom.